The summed E-state index contributed by atoms with van der Waals surface area (Å²) in [5, 5.41) is 15.4. The second-order valence-corrected chi connectivity index (χ2v) is 6.90. The van der Waals surface area contributed by atoms with Gasteiger partial charge in [-0.2, -0.15) is 5.10 Å². The summed E-state index contributed by atoms with van der Waals surface area (Å²) in [6.45, 7) is 13.5. The number of aryl methyl sites for hydroxylation is 2. The lowest BCUT2D eigenvalue weighted by Crippen LogP contribution is -2.24. The fourth-order valence-corrected chi connectivity index (χ4v) is 2.34. The fourth-order valence-electron chi connectivity index (χ4n) is 2.13. The van der Waals surface area contributed by atoms with E-state index in [1.54, 1.807) is 0 Å². The Morgan fingerprint density at radius 1 is 1.37 bits per heavy atom. The van der Waals surface area contributed by atoms with E-state index in [2.05, 4.69) is 32.8 Å². The summed E-state index contributed by atoms with van der Waals surface area (Å²) in [7, 11) is 0. The van der Waals surface area contributed by atoms with Crippen LogP contribution in [0.4, 0.5) is 0 Å². The minimum absolute atomic E-state index is 0.214. The molecular weight excluding hydrogens is 260 g/mol. The number of hydrogen-bond donors (Lipinski definition) is 1. The first-order valence-electron chi connectivity index (χ1n) is 7.06. The van der Waals surface area contributed by atoms with Crippen molar-refractivity contribution in [1.82, 2.24) is 9.78 Å². The number of hydrogen-bond acceptors (Lipinski definition) is 2. The molecule has 0 fully saturated rings. The summed E-state index contributed by atoms with van der Waals surface area (Å²) in [6, 6.07) is 0. The normalized spacial score (nSPS) is 15.6. The lowest BCUT2D eigenvalue weighted by Gasteiger charge is -2.29. The Labute approximate surface area is 122 Å². The summed E-state index contributed by atoms with van der Waals surface area (Å²) in [4.78, 5) is 0. The maximum atomic E-state index is 10.3. The standard InChI is InChI=1S/C15H27ClN2O/c1-7-18-13(14(16)11(3)17-18)9-12(19)8-10(2)15(4,5)6/h10,12,19H,7-9H2,1-6H3. The van der Waals surface area contributed by atoms with Gasteiger partial charge in [0.25, 0.3) is 0 Å². The predicted octanol–water partition coefficient (Wildman–Crippen LogP) is 3.84. The first-order chi connectivity index (χ1) is 8.66. The van der Waals surface area contributed by atoms with Crippen LogP contribution in [0.5, 0.6) is 0 Å². The van der Waals surface area contributed by atoms with Crippen LogP contribution in [0.2, 0.25) is 5.02 Å². The molecule has 1 heterocycles. The van der Waals surface area contributed by atoms with Gasteiger partial charge in [0.2, 0.25) is 0 Å². The van der Waals surface area contributed by atoms with E-state index in [9.17, 15) is 5.11 Å². The van der Waals surface area contributed by atoms with E-state index in [0.29, 0.717) is 17.4 Å². The largest absolute Gasteiger partial charge is 0.393 e. The topological polar surface area (TPSA) is 38.0 Å². The van der Waals surface area contributed by atoms with Gasteiger partial charge in [0.15, 0.2) is 0 Å². The molecule has 2 unspecified atom stereocenters. The van der Waals surface area contributed by atoms with Gasteiger partial charge in [-0.25, -0.2) is 0 Å². The molecule has 110 valence electrons. The minimum atomic E-state index is -0.367. The number of aliphatic hydroxyl groups is 1. The fraction of sp³-hybridized carbons (Fsp3) is 0.800. The van der Waals surface area contributed by atoms with Gasteiger partial charge in [-0.05, 0) is 31.6 Å². The van der Waals surface area contributed by atoms with Crippen LogP contribution in [0, 0.1) is 18.3 Å². The molecule has 0 spiro atoms. The van der Waals surface area contributed by atoms with Gasteiger partial charge in [-0.15, -0.1) is 0 Å². The third kappa shape index (κ3) is 4.22. The lowest BCUT2D eigenvalue weighted by atomic mass is 9.78. The van der Waals surface area contributed by atoms with E-state index in [1.807, 2.05) is 18.5 Å². The zero-order valence-electron chi connectivity index (χ0n) is 13.0. The molecule has 0 aromatic carbocycles. The smallest absolute Gasteiger partial charge is 0.0848 e. The highest BCUT2D eigenvalue weighted by molar-refractivity contribution is 6.31. The van der Waals surface area contributed by atoms with Crippen molar-refractivity contribution < 1.29 is 5.11 Å². The van der Waals surface area contributed by atoms with Crippen molar-refractivity contribution >= 4 is 11.6 Å². The van der Waals surface area contributed by atoms with Gasteiger partial charge in [0, 0.05) is 13.0 Å². The monoisotopic (exact) mass is 286 g/mol. The van der Waals surface area contributed by atoms with Gasteiger partial charge < -0.3 is 5.11 Å². The molecule has 0 amide bonds. The lowest BCUT2D eigenvalue weighted by molar-refractivity contribution is 0.108. The second kappa shape index (κ2) is 6.27. The average Bonchev–Trinajstić information content (AvgIpc) is 2.55. The molecule has 0 aliphatic carbocycles. The molecule has 1 aromatic heterocycles. The molecule has 0 saturated carbocycles. The number of halogens is 1. The van der Waals surface area contributed by atoms with Gasteiger partial charge in [-0.3, -0.25) is 4.68 Å². The molecule has 19 heavy (non-hydrogen) atoms. The van der Waals surface area contributed by atoms with Crippen molar-refractivity contribution in [2.45, 2.75) is 67.0 Å². The van der Waals surface area contributed by atoms with Crippen molar-refractivity contribution in [3.8, 4) is 0 Å². The predicted molar refractivity (Wildman–Crippen MR) is 80.6 cm³/mol. The Morgan fingerprint density at radius 2 is 1.95 bits per heavy atom. The molecule has 2 atom stereocenters. The van der Waals surface area contributed by atoms with E-state index in [-0.39, 0.29) is 11.5 Å². The van der Waals surface area contributed by atoms with E-state index in [1.165, 1.54) is 0 Å². The molecule has 1 aromatic rings. The van der Waals surface area contributed by atoms with E-state index >= 15 is 0 Å². The Kier molecular flexibility index (Phi) is 5.45. The Bertz CT molecular complexity index is 421. The van der Waals surface area contributed by atoms with Crippen LogP contribution < -0.4 is 0 Å². The van der Waals surface area contributed by atoms with Crippen molar-refractivity contribution in [3.05, 3.63) is 16.4 Å². The number of aliphatic hydroxyl groups excluding tert-OH is 1. The highest BCUT2D eigenvalue weighted by Crippen LogP contribution is 2.30. The SMILES string of the molecule is CCn1nc(C)c(Cl)c1CC(O)CC(C)C(C)(C)C. The summed E-state index contributed by atoms with van der Waals surface area (Å²) >= 11 is 6.27. The zero-order valence-corrected chi connectivity index (χ0v) is 13.8. The van der Waals surface area contributed by atoms with Crippen LogP contribution >= 0.6 is 11.6 Å². The van der Waals surface area contributed by atoms with Crippen LogP contribution in [0.3, 0.4) is 0 Å². The highest BCUT2D eigenvalue weighted by Gasteiger charge is 2.24. The van der Waals surface area contributed by atoms with Crippen LogP contribution in [0.15, 0.2) is 0 Å². The molecule has 1 N–H and O–H groups in total. The van der Waals surface area contributed by atoms with Gasteiger partial charge in [0.05, 0.1) is 22.5 Å². The molecule has 0 saturated heterocycles. The molecule has 0 radical (unpaired) electrons. The summed E-state index contributed by atoms with van der Waals surface area (Å²) < 4.78 is 1.89. The van der Waals surface area contributed by atoms with E-state index < -0.39 is 0 Å². The third-order valence-corrected chi connectivity index (χ3v) is 4.48. The molecule has 0 aliphatic rings. The number of nitrogens with zero attached hydrogens (tertiary/aromatic N) is 2. The first kappa shape index (κ1) is 16.5. The zero-order chi connectivity index (χ0) is 14.8. The van der Waals surface area contributed by atoms with Crippen molar-refractivity contribution in [2.24, 2.45) is 11.3 Å². The third-order valence-electron chi connectivity index (χ3n) is 3.99. The second-order valence-electron chi connectivity index (χ2n) is 6.52. The molecule has 1 rings (SSSR count). The quantitative estimate of drug-likeness (QED) is 0.893. The van der Waals surface area contributed by atoms with Gasteiger partial charge in [0.1, 0.15) is 0 Å². The maximum absolute atomic E-state index is 10.3. The van der Waals surface area contributed by atoms with Gasteiger partial charge in [-0.1, -0.05) is 39.3 Å². The van der Waals surface area contributed by atoms with E-state index in [4.69, 9.17) is 11.6 Å². The molecule has 4 heteroatoms. The molecule has 0 bridgehead atoms. The Balaban J connectivity index is 2.75. The van der Waals surface area contributed by atoms with Crippen LogP contribution in [0.1, 0.15) is 52.4 Å². The van der Waals surface area contributed by atoms with E-state index in [0.717, 1.165) is 24.4 Å². The van der Waals surface area contributed by atoms with Crippen LogP contribution in [-0.2, 0) is 13.0 Å². The number of aromatic nitrogens is 2. The average molecular weight is 287 g/mol. The summed E-state index contributed by atoms with van der Waals surface area (Å²) in [5.74, 6) is 0.459. The first-order valence-corrected chi connectivity index (χ1v) is 7.44. The van der Waals surface area contributed by atoms with Gasteiger partial charge >= 0.3 is 0 Å². The Morgan fingerprint density at radius 3 is 2.42 bits per heavy atom. The van der Waals surface area contributed by atoms with Crippen LogP contribution in [-0.4, -0.2) is 21.0 Å². The molecule has 0 aliphatic heterocycles. The summed E-state index contributed by atoms with van der Waals surface area (Å²) in [5.41, 5.74) is 2.01. The maximum Gasteiger partial charge on any atom is 0.0848 e. The Hall–Kier alpha value is -0.540. The number of rotatable bonds is 5. The molecular formula is C15H27ClN2O. The van der Waals surface area contributed by atoms with Crippen molar-refractivity contribution in [1.29, 1.82) is 0 Å². The highest BCUT2D eigenvalue weighted by atomic mass is 35.5. The van der Waals surface area contributed by atoms with Crippen molar-refractivity contribution in [2.75, 3.05) is 0 Å². The summed E-state index contributed by atoms with van der Waals surface area (Å²) in [6.07, 6.45) is 0.995. The van der Waals surface area contributed by atoms with Crippen LogP contribution in [0.25, 0.3) is 0 Å². The molecule has 3 nitrogen and oxygen atoms in total. The van der Waals surface area contributed by atoms with Crippen molar-refractivity contribution in [3.63, 3.8) is 0 Å². The minimum Gasteiger partial charge on any atom is -0.393 e.